The summed E-state index contributed by atoms with van der Waals surface area (Å²) < 4.78 is 0. The first-order valence-electron chi connectivity index (χ1n) is 4.41. The number of hydrogen-bond donors (Lipinski definition) is 2. The predicted octanol–water partition coefficient (Wildman–Crippen LogP) is 0.957. The van der Waals surface area contributed by atoms with Gasteiger partial charge in [0.05, 0.1) is 0 Å². The van der Waals surface area contributed by atoms with Crippen LogP contribution in [0.4, 0.5) is 0 Å². The van der Waals surface area contributed by atoms with Crippen LogP contribution < -0.4 is 5.73 Å². The van der Waals surface area contributed by atoms with Crippen molar-refractivity contribution in [1.82, 2.24) is 0 Å². The molecule has 0 saturated carbocycles. The molecule has 0 aromatic heterocycles. The molecule has 0 aliphatic carbocycles. The molecule has 0 atom stereocenters. The summed E-state index contributed by atoms with van der Waals surface area (Å²) >= 11 is 0. The maximum absolute atomic E-state index is 10.7. The number of hydrogen-bond acceptors (Lipinski definition) is 4. The highest BCUT2D eigenvalue weighted by Crippen LogP contribution is 2.11. The van der Waals surface area contributed by atoms with E-state index in [9.17, 15) is 4.79 Å². The fourth-order valence-electron chi connectivity index (χ4n) is 0.916. The molecule has 1 amide bonds. The third-order valence-corrected chi connectivity index (χ3v) is 1.78. The van der Waals surface area contributed by atoms with Gasteiger partial charge in [-0.2, -0.15) is 10.5 Å². The highest BCUT2D eigenvalue weighted by atomic mass is 16.1. The smallest absolute Gasteiger partial charge is 0.259 e. The van der Waals surface area contributed by atoms with Crippen molar-refractivity contribution in [3.63, 3.8) is 0 Å². The molecule has 0 rings (SSSR count). The normalized spacial score (nSPS) is 10.9. The van der Waals surface area contributed by atoms with Crippen LogP contribution in [0.25, 0.3) is 0 Å². The predicted molar refractivity (Wildman–Crippen MR) is 58.1 cm³/mol. The van der Waals surface area contributed by atoms with Crippen molar-refractivity contribution in [2.45, 2.75) is 13.3 Å². The largest absolute Gasteiger partial charge is 0.365 e. The highest BCUT2D eigenvalue weighted by Gasteiger charge is 2.03. The molecule has 16 heavy (non-hydrogen) atoms. The van der Waals surface area contributed by atoms with E-state index in [1.807, 2.05) is 5.87 Å². The summed E-state index contributed by atoms with van der Waals surface area (Å²) in [4.78, 5) is 10.7. The van der Waals surface area contributed by atoms with E-state index >= 15 is 0 Å². The Morgan fingerprint density at radius 2 is 2.00 bits per heavy atom. The number of carbonyl (C=O) groups excluding carboxylic acids is 1. The maximum Gasteiger partial charge on any atom is 0.259 e. The molecule has 3 N–H and O–H groups in total. The average Bonchev–Trinajstić information content (AvgIpc) is 2.28. The van der Waals surface area contributed by atoms with Gasteiger partial charge in [-0.05, 0) is 23.9 Å². The lowest BCUT2D eigenvalue weighted by atomic mass is 10.1. The van der Waals surface area contributed by atoms with E-state index in [1.165, 1.54) is 12.2 Å². The van der Waals surface area contributed by atoms with E-state index in [0.717, 1.165) is 0 Å². The minimum Gasteiger partial charge on any atom is -0.365 e. The Balaban J connectivity index is 5.32. The standard InChI is InChI=1S/C11H10N4O/c1-2-8(10(6-13)7-14)3-4-9(5-12)11(15)16/h3-4,13H,2H2,1H3,(H2,15,16)/b8-3+,9-4-. The van der Waals surface area contributed by atoms with Crippen LogP contribution in [0.15, 0.2) is 28.9 Å². The van der Waals surface area contributed by atoms with Gasteiger partial charge in [0.15, 0.2) is 0 Å². The molecular formula is C11H10N4O. The van der Waals surface area contributed by atoms with Gasteiger partial charge in [-0.3, -0.25) is 10.2 Å². The number of primary amides is 1. The van der Waals surface area contributed by atoms with Gasteiger partial charge in [0, 0.05) is 0 Å². The van der Waals surface area contributed by atoms with Crippen LogP contribution in [0.3, 0.4) is 0 Å². The van der Waals surface area contributed by atoms with Crippen LogP contribution in [0.5, 0.6) is 0 Å². The van der Waals surface area contributed by atoms with Gasteiger partial charge in [0.1, 0.15) is 23.3 Å². The summed E-state index contributed by atoms with van der Waals surface area (Å²) in [5, 5.41) is 24.1. The van der Waals surface area contributed by atoms with Gasteiger partial charge in [0.25, 0.3) is 5.91 Å². The summed E-state index contributed by atoms with van der Waals surface area (Å²) in [6.07, 6.45) is 3.14. The molecule has 0 aliphatic rings. The SMILES string of the molecule is CC/C(=C\C=C(\C#N)C(N)=O)C(=C=N)C#N. The van der Waals surface area contributed by atoms with Crippen molar-refractivity contribution in [2.75, 3.05) is 0 Å². The Morgan fingerprint density at radius 1 is 1.38 bits per heavy atom. The molecule has 0 radical (unpaired) electrons. The number of allylic oxidation sites excluding steroid dienone is 4. The van der Waals surface area contributed by atoms with Gasteiger partial charge < -0.3 is 5.73 Å². The summed E-state index contributed by atoms with van der Waals surface area (Å²) in [5.74, 6) is 1.16. The van der Waals surface area contributed by atoms with E-state index in [2.05, 4.69) is 0 Å². The van der Waals surface area contributed by atoms with E-state index in [-0.39, 0.29) is 11.1 Å². The molecule has 80 valence electrons. The average molecular weight is 214 g/mol. The van der Waals surface area contributed by atoms with Crippen molar-refractivity contribution in [1.29, 1.82) is 15.9 Å². The first-order chi connectivity index (χ1) is 7.60. The van der Waals surface area contributed by atoms with Gasteiger partial charge in [-0.25, -0.2) is 0 Å². The van der Waals surface area contributed by atoms with Crippen molar-refractivity contribution in [3.8, 4) is 12.1 Å². The lowest BCUT2D eigenvalue weighted by Crippen LogP contribution is -2.12. The molecule has 0 aromatic rings. The molecule has 0 spiro atoms. The van der Waals surface area contributed by atoms with Crippen molar-refractivity contribution in [3.05, 3.63) is 28.9 Å². The van der Waals surface area contributed by atoms with E-state index in [0.29, 0.717) is 12.0 Å². The zero-order valence-corrected chi connectivity index (χ0v) is 8.74. The van der Waals surface area contributed by atoms with Crippen LogP contribution in [0.1, 0.15) is 13.3 Å². The number of carbonyl (C=O) groups is 1. The minimum atomic E-state index is -0.827. The van der Waals surface area contributed by atoms with E-state index in [1.54, 1.807) is 19.1 Å². The highest BCUT2D eigenvalue weighted by molar-refractivity contribution is 5.96. The van der Waals surface area contributed by atoms with Crippen LogP contribution in [-0.2, 0) is 4.79 Å². The number of nitrogens with one attached hydrogen (secondary N) is 1. The molecule has 0 fully saturated rings. The molecule has 0 unspecified atom stereocenters. The van der Waals surface area contributed by atoms with Crippen molar-refractivity contribution >= 4 is 11.8 Å². The monoisotopic (exact) mass is 214 g/mol. The maximum atomic E-state index is 10.7. The molecule has 0 bridgehead atoms. The molecule has 5 nitrogen and oxygen atoms in total. The lowest BCUT2D eigenvalue weighted by Gasteiger charge is -1.97. The fourth-order valence-corrected chi connectivity index (χ4v) is 0.916. The Kier molecular flexibility index (Phi) is 5.67. The number of nitriles is 2. The van der Waals surface area contributed by atoms with Crippen LogP contribution >= 0.6 is 0 Å². The third-order valence-electron chi connectivity index (χ3n) is 1.78. The Morgan fingerprint density at radius 3 is 2.31 bits per heavy atom. The summed E-state index contributed by atoms with van der Waals surface area (Å²) in [6.45, 7) is 1.78. The van der Waals surface area contributed by atoms with Gasteiger partial charge >= 0.3 is 0 Å². The number of nitrogens with zero attached hydrogens (tertiary/aromatic N) is 2. The Bertz CT molecular complexity index is 479. The fraction of sp³-hybridized carbons (Fsp3) is 0.182. The number of amides is 1. The van der Waals surface area contributed by atoms with E-state index in [4.69, 9.17) is 21.7 Å². The Hall–Kier alpha value is -2.62. The molecular weight excluding hydrogens is 204 g/mol. The van der Waals surface area contributed by atoms with Gasteiger partial charge in [-0.15, -0.1) is 0 Å². The number of nitrogens with two attached hydrogens (primary N) is 1. The molecule has 0 heterocycles. The third kappa shape index (κ3) is 3.63. The quantitative estimate of drug-likeness (QED) is 0.314. The zero-order valence-electron chi connectivity index (χ0n) is 8.74. The molecule has 0 saturated heterocycles. The second kappa shape index (κ2) is 6.78. The van der Waals surface area contributed by atoms with Crippen molar-refractivity contribution in [2.24, 2.45) is 5.73 Å². The number of rotatable bonds is 4. The first-order valence-corrected chi connectivity index (χ1v) is 4.41. The first kappa shape index (κ1) is 13.4. The summed E-state index contributed by atoms with van der Waals surface area (Å²) in [5.41, 5.74) is 5.32. The summed E-state index contributed by atoms with van der Waals surface area (Å²) in [7, 11) is 0. The Labute approximate surface area is 93.3 Å². The minimum absolute atomic E-state index is 0.0699. The zero-order chi connectivity index (χ0) is 12.6. The van der Waals surface area contributed by atoms with Gasteiger partial charge in [-0.1, -0.05) is 13.0 Å². The van der Waals surface area contributed by atoms with Crippen LogP contribution in [-0.4, -0.2) is 11.8 Å². The molecule has 0 aromatic carbocycles. The second-order valence-electron chi connectivity index (χ2n) is 2.71. The topological polar surface area (TPSA) is 115 Å². The van der Waals surface area contributed by atoms with Crippen LogP contribution in [0.2, 0.25) is 0 Å². The van der Waals surface area contributed by atoms with Gasteiger partial charge in [0.2, 0.25) is 0 Å². The lowest BCUT2D eigenvalue weighted by molar-refractivity contribution is -0.114. The second-order valence-corrected chi connectivity index (χ2v) is 2.71. The van der Waals surface area contributed by atoms with Crippen LogP contribution in [0, 0.1) is 28.1 Å². The molecule has 0 aliphatic heterocycles. The molecule has 5 heteroatoms. The van der Waals surface area contributed by atoms with E-state index < -0.39 is 5.91 Å². The summed E-state index contributed by atoms with van der Waals surface area (Å²) in [6, 6.07) is 3.43. The van der Waals surface area contributed by atoms with Crippen molar-refractivity contribution < 1.29 is 4.79 Å².